The zero-order chi connectivity index (χ0) is 23.8. The predicted octanol–water partition coefficient (Wildman–Crippen LogP) is 4.22. The Bertz CT molecular complexity index is 1080. The maximum Gasteiger partial charge on any atom is 0.330 e. The third-order valence-electron chi connectivity index (χ3n) is 5.86. The normalized spacial score (nSPS) is 14.9. The second-order valence-electron chi connectivity index (χ2n) is 8.16. The summed E-state index contributed by atoms with van der Waals surface area (Å²) in [6.07, 6.45) is 5.05. The number of benzene rings is 2. The maximum atomic E-state index is 11.2. The number of hydrogen-bond acceptors (Lipinski definition) is 8. The van der Waals surface area contributed by atoms with E-state index in [1.54, 1.807) is 13.2 Å². The van der Waals surface area contributed by atoms with Crippen LogP contribution in [-0.2, 0) is 22.7 Å². The molecule has 0 unspecified atom stereocenters. The van der Waals surface area contributed by atoms with Gasteiger partial charge in [-0.3, -0.25) is 4.90 Å². The molecule has 178 valence electrons. The summed E-state index contributed by atoms with van der Waals surface area (Å²) < 4.78 is 21.0. The first-order valence-electron chi connectivity index (χ1n) is 11.3. The van der Waals surface area contributed by atoms with Gasteiger partial charge in [-0.1, -0.05) is 29.4 Å². The number of carbonyl (C=O) groups excluding carboxylic acids is 1. The average Bonchev–Trinajstić information content (AvgIpc) is 3.36. The number of aromatic nitrogens is 2. The smallest absolute Gasteiger partial charge is 0.330 e. The number of hydrogen-bond donors (Lipinski definition) is 0. The van der Waals surface area contributed by atoms with E-state index in [-0.39, 0.29) is 6.61 Å². The Morgan fingerprint density at radius 3 is 2.44 bits per heavy atom. The van der Waals surface area contributed by atoms with Crippen LogP contribution in [0.3, 0.4) is 0 Å². The van der Waals surface area contributed by atoms with Gasteiger partial charge in [0.15, 0.2) is 12.4 Å². The lowest BCUT2D eigenvalue weighted by molar-refractivity contribution is -0.134. The second-order valence-corrected chi connectivity index (χ2v) is 8.16. The molecular weight excluding hydrogens is 434 g/mol. The first-order valence-corrected chi connectivity index (χ1v) is 11.3. The standard InChI is InChI=1S/C26H29N3O5/c1-31-22-8-5-20(6-9-22)17-29-15-13-21(14-16-29)26-27-24(34-28-26)18-33-23-10-3-19(4-11-23)7-12-25(30)32-2/h3-12,21H,13-18H2,1-2H3. The van der Waals surface area contributed by atoms with E-state index >= 15 is 0 Å². The molecule has 0 atom stereocenters. The van der Waals surface area contributed by atoms with Gasteiger partial charge in [0, 0.05) is 18.5 Å². The molecule has 8 nitrogen and oxygen atoms in total. The van der Waals surface area contributed by atoms with Crippen molar-refractivity contribution in [3.8, 4) is 11.5 Å². The number of likely N-dealkylation sites (tertiary alicyclic amines) is 1. The van der Waals surface area contributed by atoms with E-state index in [9.17, 15) is 4.79 Å². The average molecular weight is 464 g/mol. The highest BCUT2D eigenvalue weighted by Gasteiger charge is 2.24. The molecule has 0 saturated carbocycles. The number of carbonyl (C=O) groups is 1. The van der Waals surface area contributed by atoms with Crippen LogP contribution in [0, 0.1) is 0 Å². The number of piperidine rings is 1. The number of esters is 1. The largest absolute Gasteiger partial charge is 0.497 e. The first-order chi connectivity index (χ1) is 16.6. The summed E-state index contributed by atoms with van der Waals surface area (Å²) in [6, 6.07) is 15.6. The van der Waals surface area contributed by atoms with Crippen molar-refractivity contribution in [2.75, 3.05) is 27.3 Å². The van der Waals surface area contributed by atoms with Crippen LogP contribution in [0.2, 0.25) is 0 Å². The SMILES string of the molecule is COC(=O)C=Cc1ccc(OCc2nc(C3CCN(Cc4ccc(OC)cc4)CC3)no2)cc1. The van der Waals surface area contributed by atoms with Gasteiger partial charge in [-0.05, 0) is 67.4 Å². The van der Waals surface area contributed by atoms with Crippen molar-refractivity contribution in [3.63, 3.8) is 0 Å². The fourth-order valence-corrected chi connectivity index (χ4v) is 3.88. The molecule has 1 saturated heterocycles. The molecule has 1 fully saturated rings. The van der Waals surface area contributed by atoms with Crippen molar-refractivity contribution in [3.05, 3.63) is 77.4 Å². The summed E-state index contributed by atoms with van der Waals surface area (Å²) >= 11 is 0. The van der Waals surface area contributed by atoms with Crippen LogP contribution < -0.4 is 9.47 Å². The van der Waals surface area contributed by atoms with Gasteiger partial charge < -0.3 is 18.7 Å². The lowest BCUT2D eigenvalue weighted by Gasteiger charge is -2.30. The summed E-state index contributed by atoms with van der Waals surface area (Å²) in [5, 5.41) is 4.19. The lowest BCUT2D eigenvalue weighted by Crippen LogP contribution is -2.32. The minimum absolute atomic E-state index is 0.209. The molecule has 0 aliphatic carbocycles. The molecule has 8 heteroatoms. The zero-order valence-electron chi connectivity index (χ0n) is 19.5. The van der Waals surface area contributed by atoms with Crippen molar-refractivity contribution in [1.82, 2.24) is 15.0 Å². The zero-order valence-corrected chi connectivity index (χ0v) is 19.5. The summed E-state index contributed by atoms with van der Waals surface area (Å²) in [7, 11) is 3.03. The molecule has 0 bridgehead atoms. The molecule has 0 radical (unpaired) electrons. The Morgan fingerprint density at radius 2 is 1.76 bits per heavy atom. The predicted molar refractivity (Wildman–Crippen MR) is 126 cm³/mol. The Balaban J connectivity index is 1.23. The Hall–Kier alpha value is -3.65. The Labute approximate surface area is 199 Å². The molecule has 4 rings (SSSR count). The number of ether oxygens (including phenoxy) is 3. The molecule has 0 spiro atoms. The lowest BCUT2D eigenvalue weighted by atomic mass is 9.96. The number of rotatable bonds is 9. The highest BCUT2D eigenvalue weighted by atomic mass is 16.5. The number of methoxy groups -OCH3 is 2. The van der Waals surface area contributed by atoms with Gasteiger partial charge in [-0.15, -0.1) is 0 Å². The summed E-state index contributed by atoms with van der Waals surface area (Å²) in [4.78, 5) is 18.2. The minimum Gasteiger partial charge on any atom is -0.497 e. The molecular formula is C26H29N3O5. The van der Waals surface area contributed by atoms with E-state index in [0.29, 0.717) is 17.6 Å². The fraction of sp³-hybridized carbons (Fsp3) is 0.346. The Morgan fingerprint density at radius 1 is 1.06 bits per heavy atom. The van der Waals surface area contributed by atoms with Crippen LogP contribution >= 0.6 is 0 Å². The molecule has 2 heterocycles. The van der Waals surface area contributed by atoms with Crippen LogP contribution in [0.1, 0.15) is 41.6 Å². The van der Waals surface area contributed by atoms with Crippen LogP contribution in [0.25, 0.3) is 6.08 Å². The molecule has 1 aromatic heterocycles. The first kappa shape index (κ1) is 23.5. The molecule has 0 N–H and O–H groups in total. The molecule has 1 aliphatic rings. The van der Waals surface area contributed by atoms with Gasteiger partial charge in [0.05, 0.1) is 14.2 Å². The van der Waals surface area contributed by atoms with E-state index in [1.165, 1.54) is 18.7 Å². The summed E-state index contributed by atoms with van der Waals surface area (Å²) in [6.45, 7) is 3.13. The van der Waals surface area contributed by atoms with Gasteiger partial charge in [0.1, 0.15) is 11.5 Å². The van der Waals surface area contributed by atoms with Crippen molar-refractivity contribution in [1.29, 1.82) is 0 Å². The number of nitrogens with zero attached hydrogens (tertiary/aromatic N) is 3. The van der Waals surface area contributed by atoms with E-state index in [0.717, 1.165) is 49.6 Å². The van der Waals surface area contributed by atoms with E-state index in [2.05, 4.69) is 31.9 Å². The van der Waals surface area contributed by atoms with Crippen molar-refractivity contribution >= 4 is 12.0 Å². The van der Waals surface area contributed by atoms with Crippen LogP contribution in [0.4, 0.5) is 0 Å². The molecule has 1 aliphatic heterocycles. The molecule has 0 amide bonds. The van der Waals surface area contributed by atoms with Crippen molar-refractivity contribution < 1.29 is 23.5 Å². The van der Waals surface area contributed by atoms with Crippen molar-refractivity contribution in [2.24, 2.45) is 0 Å². The maximum absolute atomic E-state index is 11.2. The quantitative estimate of drug-likeness (QED) is 0.344. The Kier molecular flexibility index (Phi) is 7.93. The highest BCUT2D eigenvalue weighted by Crippen LogP contribution is 2.27. The van der Waals surface area contributed by atoms with Crippen LogP contribution in [0.5, 0.6) is 11.5 Å². The highest BCUT2D eigenvalue weighted by molar-refractivity contribution is 5.86. The summed E-state index contributed by atoms with van der Waals surface area (Å²) in [5.74, 6) is 2.68. The third kappa shape index (κ3) is 6.45. The van der Waals surface area contributed by atoms with Gasteiger partial charge in [0.25, 0.3) is 5.89 Å². The topological polar surface area (TPSA) is 86.9 Å². The molecule has 34 heavy (non-hydrogen) atoms. The monoisotopic (exact) mass is 463 g/mol. The van der Waals surface area contributed by atoms with Gasteiger partial charge in [0.2, 0.25) is 0 Å². The fourth-order valence-electron chi connectivity index (χ4n) is 3.88. The summed E-state index contributed by atoms with van der Waals surface area (Å²) in [5.41, 5.74) is 2.15. The minimum atomic E-state index is -0.393. The van der Waals surface area contributed by atoms with Gasteiger partial charge in [-0.25, -0.2) is 4.79 Å². The van der Waals surface area contributed by atoms with Gasteiger partial charge in [-0.2, -0.15) is 4.98 Å². The van der Waals surface area contributed by atoms with Crippen LogP contribution in [0.15, 0.2) is 59.1 Å². The van der Waals surface area contributed by atoms with Crippen LogP contribution in [-0.4, -0.2) is 48.3 Å². The van der Waals surface area contributed by atoms with E-state index < -0.39 is 5.97 Å². The third-order valence-corrected chi connectivity index (χ3v) is 5.86. The van der Waals surface area contributed by atoms with Gasteiger partial charge >= 0.3 is 5.97 Å². The van der Waals surface area contributed by atoms with E-state index in [4.69, 9.17) is 14.0 Å². The molecule has 3 aromatic rings. The van der Waals surface area contributed by atoms with E-state index in [1.807, 2.05) is 36.4 Å². The second kappa shape index (κ2) is 11.5. The van der Waals surface area contributed by atoms with Crippen molar-refractivity contribution in [2.45, 2.75) is 31.9 Å². The molecule has 2 aromatic carbocycles.